The van der Waals surface area contributed by atoms with Crippen molar-refractivity contribution in [2.45, 2.75) is 18.2 Å². The molecular formula is C9H9NO4S. The Labute approximate surface area is 87.1 Å². The van der Waals surface area contributed by atoms with Gasteiger partial charge in [-0.15, -0.1) is 0 Å². The molecule has 80 valence electrons. The summed E-state index contributed by atoms with van der Waals surface area (Å²) in [5.74, 6) is 0. The van der Waals surface area contributed by atoms with Crippen LogP contribution in [0, 0.1) is 0 Å². The van der Waals surface area contributed by atoms with Gasteiger partial charge in [0.05, 0.1) is 0 Å². The van der Waals surface area contributed by atoms with E-state index in [2.05, 4.69) is 0 Å². The second kappa shape index (κ2) is 2.59. The first-order valence-corrected chi connectivity index (χ1v) is 5.86. The van der Waals surface area contributed by atoms with E-state index in [1.54, 1.807) is 12.1 Å². The molecule has 0 bridgehead atoms. The van der Waals surface area contributed by atoms with Crippen molar-refractivity contribution in [1.82, 2.24) is 0 Å². The van der Waals surface area contributed by atoms with Crippen LogP contribution in [0.25, 0.3) is 0 Å². The molecule has 1 fully saturated rings. The van der Waals surface area contributed by atoms with Gasteiger partial charge < -0.3 is 0 Å². The summed E-state index contributed by atoms with van der Waals surface area (Å²) in [5, 5.41) is 0. The maximum absolute atomic E-state index is 11.1. The van der Waals surface area contributed by atoms with E-state index in [1.807, 2.05) is 12.1 Å². The molecule has 1 aromatic rings. The monoisotopic (exact) mass is 227 g/mol. The van der Waals surface area contributed by atoms with E-state index in [4.69, 9.17) is 14.1 Å². The van der Waals surface area contributed by atoms with Crippen LogP contribution in [0.15, 0.2) is 24.3 Å². The topological polar surface area (TPSA) is 78.6 Å². The standard InChI is InChI=1S/C9H9NO4S/c10-9-7-4-2-1-3-6(7)5-8(9)13-15(11,12)14-9/h1-4,8H,5,10H2. The third-order valence-electron chi connectivity index (χ3n) is 2.80. The fraction of sp³-hybridized carbons (Fsp3) is 0.333. The SMILES string of the molecule is NC12OS(=O)(=O)OC1Cc1ccccc12. The summed E-state index contributed by atoms with van der Waals surface area (Å²) in [4.78, 5) is 0. The second-order valence-electron chi connectivity index (χ2n) is 3.73. The normalized spacial score (nSPS) is 36.2. The Morgan fingerprint density at radius 1 is 1.40 bits per heavy atom. The van der Waals surface area contributed by atoms with Gasteiger partial charge in [-0.1, -0.05) is 24.3 Å². The largest absolute Gasteiger partial charge is 0.402 e. The Hall–Kier alpha value is -0.950. The first-order valence-electron chi connectivity index (χ1n) is 4.52. The maximum atomic E-state index is 11.1. The fourth-order valence-corrected chi connectivity index (χ4v) is 3.21. The van der Waals surface area contributed by atoms with Crippen molar-refractivity contribution in [1.29, 1.82) is 0 Å². The Morgan fingerprint density at radius 2 is 2.13 bits per heavy atom. The van der Waals surface area contributed by atoms with Gasteiger partial charge in [0.1, 0.15) is 6.10 Å². The molecule has 2 aliphatic rings. The Morgan fingerprint density at radius 3 is 2.93 bits per heavy atom. The molecule has 2 atom stereocenters. The molecule has 2 unspecified atom stereocenters. The summed E-state index contributed by atoms with van der Waals surface area (Å²) < 4.78 is 31.9. The summed E-state index contributed by atoms with van der Waals surface area (Å²) in [6, 6.07) is 7.32. The Balaban J connectivity index is 2.18. The maximum Gasteiger partial charge on any atom is 0.402 e. The van der Waals surface area contributed by atoms with E-state index < -0.39 is 22.2 Å². The van der Waals surface area contributed by atoms with E-state index in [1.165, 1.54) is 0 Å². The van der Waals surface area contributed by atoms with Crippen LogP contribution in [0.4, 0.5) is 0 Å². The van der Waals surface area contributed by atoms with E-state index in [-0.39, 0.29) is 0 Å². The van der Waals surface area contributed by atoms with E-state index >= 15 is 0 Å². The molecule has 6 heteroatoms. The first-order chi connectivity index (χ1) is 7.01. The van der Waals surface area contributed by atoms with E-state index in [0.29, 0.717) is 12.0 Å². The number of rotatable bonds is 0. The Bertz CT molecular complexity index is 527. The number of benzene rings is 1. The summed E-state index contributed by atoms with van der Waals surface area (Å²) in [7, 11) is -3.93. The lowest BCUT2D eigenvalue weighted by Crippen LogP contribution is -2.42. The highest BCUT2D eigenvalue weighted by Gasteiger charge is 2.56. The lowest BCUT2D eigenvalue weighted by Gasteiger charge is -2.19. The summed E-state index contributed by atoms with van der Waals surface area (Å²) in [6.07, 6.45) is -0.175. The van der Waals surface area contributed by atoms with Crippen LogP contribution >= 0.6 is 0 Å². The lowest BCUT2D eigenvalue weighted by molar-refractivity contribution is 0.0559. The van der Waals surface area contributed by atoms with Gasteiger partial charge in [0, 0.05) is 12.0 Å². The minimum absolute atomic E-state index is 0.464. The van der Waals surface area contributed by atoms with Crippen molar-refractivity contribution in [2.24, 2.45) is 5.73 Å². The van der Waals surface area contributed by atoms with Crippen molar-refractivity contribution in [2.75, 3.05) is 0 Å². The summed E-state index contributed by atoms with van der Waals surface area (Å²) >= 11 is 0. The van der Waals surface area contributed by atoms with Crippen molar-refractivity contribution < 1.29 is 16.8 Å². The molecule has 0 amide bonds. The molecule has 2 N–H and O–H groups in total. The lowest BCUT2D eigenvalue weighted by atomic mass is 10.1. The van der Waals surface area contributed by atoms with Gasteiger partial charge in [0.15, 0.2) is 5.72 Å². The second-order valence-corrected chi connectivity index (χ2v) is 4.91. The van der Waals surface area contributed by atoms with Crippen molar-refractivity contribution in [3.05, 3.63) is 35.4 Å². The van der Waals surface area contributed by atoms with Gasteiger partial charge in [0.2, 0.25) is 0 Å². The molecule has 1 aromatic carbocycles. The molecule has 0 saturated carbocycles. The minimum Gasteiger partial charge on any atom is -0.296 e. The fourth-order valence-electron chi connectivity index (χ4n) is 2.14. The van der Waals surface area contributed by atoms with Crippen LogP contribution in [-0.2, 0) is 30.9 Å². The molecule has 0 spiro atoms. The van der Waals surface area contributed by atoms with Crippen LogP contribution in [0.2, 0.25) is 0 Å². The number of fused-ring (bicyclic) bond motifs is 3. The van der Waals surface area contributed by atoms with Gasteiger partial charge in [-0.3, -0.25) is 5.73 Å². The third kappa shape index (κ3) is 1.16. The first kappa shape index (κ1) is 9.29. The molecule has 1 heterocycles. The molecule has 0 radical (unpaired) electrons. The smallest absolute Gasteiger partial charge is 0.296 e. The van der Waals surface area contributed by atoms with E-state index in [9.17, 15) is 8.42 Å². The zero-order valence-corrected chi connectivity index (χ0v) is 8.53. The van der Waals surface area contributed by atoms with Crippen LogP contribution < -0.4 is 5.73 Å². The minimum atomic E-state index is -3.93. The number of hydrogen-bond acceptors (Lipinski definition) is 5. The quantitative estimate of drug-likeness (QED) is 0.675. The van der Waals surface area contributed by atoms with Gasteiger partial charge in [-0.05, 0) is 5.56 Å². The highest BCUT2D eigenvalue weighted by Crippen LogP contribution is 2.44. The zero-order chi connectivity index (χ0) is 10.7. The number of nitrogens with two attached hydrogens (primary N) is 1. The molecular weight excluding hydrogens is 218 g/mol. The Kier molecular flexibility index (Phi) is 1.60. The molecule has 1 aliphatic carbocycles. The molecule has 15 heavy (non-hydrogen) atoms. The summed E-state index contributed by atoms with van der Waals surface area (Å²) in [5.41, 5.74) is 6.25. The zero-order valence-electron chi connectivity index (χ0n) is 7.71. The average molecular weight is 227 g/mol. The predicted octanol–water partition coefficient (Wildman–Crippen LogP) is 0.0144. The molecule has 3 rings (SSSR count). The van der Waals surface area contributed by atoms with Crippen molar-refractivity contribution >= 4 is 10.4 Å². The predicted molar refractivity (Wildman–Crippen MR) is 50.9 cm³/mol. The van der Waals surface area contributed by atoms with Crippen LogP contribution in [0.1, 0.15) is 11.1 Å². The average Bonchev–Trinajstić information content (AvgIpc) is 2.51. The third-order valence-corrected chi connectivity index (χ3v) is 3.74. The highest BCUT2D eigenvalue weighted by atomic mass is 32.3. The van der Waals surface area contributed by atoms with Gasteiger partial charge in [-0.2, -0.15) is 8.42 Å². The molecule has 1 saturated heterocycles. The van der Waals surface area contributed by atoms with Crippen molar-refractivity contribution in [3.63, 3.8) is 0 Å². The van der Waals surface area contributed by atoms with Gasteiger partial charge in [-0.25, -0.2) is 8.37 Å². The summed E-state index contributed by atoms with van der Waals surface area (Å²) in [6.45, 7) is 0. The van der Waals surface area contributed by atoms with Crippen LogP contribution in [0.3, 0.4) is 0 Å². The highest BCUT2D eigenvalue weighted by molar-refractivity contribution is 7.82. The molecule has 0 aromatic heterocycles. The van der Waals surface area contributed by atoms with E-state index in [0.717, 1.165) is 5.56 Å². The molecule has 5 nitrogen and oxygen atoms in total. The van der Waals surface area contributed by atoms with Crippen LogP contribution in [-0.4, -0.2) is 14.5 Å². The van der Waals surface area contributed by atoms with Crippen molar-refractivity contribution in [3.8, 4) is 0 Å². The number of hydrogen-bond donors (Lipinski definition) is 1. The molecule has 1 aliphatic heterocycles. The van der Waals surface area contributed by atoms with Crippen LogP contribution in [0.5, 0.6) is 0 Å². The van der Waals surface area contributed by atoms with Gasteiger partial charge >= 0.3 is 10.4 Å². The van der Waals surface area contributed by atoms with Gasteiger partial charge in [0.25, 0.3) is 0 Å².